The number of rotatable bonds is 5. The van der Waals surface area contributed by atoms with E-state index in [0.29, 0.717) is 5.92 Å². The number of amides is 1. The minimum absolute atomic E-state index is 0.00994. The van der Waals surface area contributed by atoms with Crippen LogP contribution in [0.2, 0.25) is 5.02 Å². The van der Waals surface area contributed by atoms with Gasteiger partial charge in [-0.2, -0.15) is 0 Å². The first-order valence-electron chi connectivity index (χ1n) is 10.1. The molecule has 4 heteroatoms. The van der Waals surface area contributed by atoms with E-state index in [2.05, 4.69) is 45.1 Å². The fourth-order valence-electron chi connectivity index (χ4n) is 4.28. The summed E-state index contributed by atoms with van der Waals surface area (Å²) in [5, 5.41) is 4.21. The Kier molecular flexibility index (Phi) is 6.34. The molecule has 3 rings (SSSR count). The molecule has 2 atom stereocenters. The number of hydrogen-bond donors (Lipinski definition) is 1. The maximum atomic E-state index is 13.4. The van der Waals surface area contributed by atoms with Crippen molar-refractivity contribution in [1.29, 1.82) is 0 Å². The van der Waals surface area contributed by atoms with Crippen LogP contribution in [-0.4, -0.2) is 29.9 Å². The van der Waals surface area contributed by atoms with Crippen molar-refractivity contribution in [2.45, 2.75) is 46.1 Å². The van der Waals surface area contributed by atoms with E-state index >= 15 is 0 Å². The number of carbonyl (C=O) groups is 1. The van der Waals surface area contributed by atoms with Gasteiger partial charge in [0.2, 0.25) is 5.91 Å². The highest BCUT2D eigenvalue weighted by molar-refractivity contribution is 6.30. The average molecular weight is 399 g/mol. The van der Waals surface area contributed by atoms with Crippen LogP contribution in [0.3, 0.4) is 0 Å². The van der Waals surface area contributed by atoms with E-state index in [0.717, 1.165) is 30.2 Å². The van der Waals surface area contributed by atoms with Crippen molar-refractivity contribution in [3.63, 3.8) is 0 Å². The Hall–Kier alpha value is -2.00. The first-order valence-corrected chi connectivity index (χ1v) is 10.5. The zero-order chi connectivity index (χ0) is 20.3. The second-order valence-electron chi connectivity index (χ2n) is 8.87. The lowest BCUT2D eigenvalue weighted by Crippen LogP contribution is -2.53. The van der Waals surface area contributed by atoms with Gasteiger partial charge in [-0.1, -0.05) is 69.6 Å². The first-order chi connectivity index (χ1) is 13.3. The Bertz CT molecular complexity index is 786. The van der Waals surface area contributed by atoms with Crippen LogP contribution in [0.15, 0.2) is 54.6 Å². The third-order valence-electron chi connectivity index (χ3n) is 5.84. The summed E-state index contributed by atoms with van der Waals surface area (Å²) >= 11 is 6.06. The quantitative estimate of drug-likeness (QED) is 0.688. The molecule has 0 bridgehead atoms. The van der Waals surface area contributed by atoms with Gasteiger partial charge in [-0.25, -0.2) is 0 Å². The van der Waals surface area contributed by atoms with Gasteiger partial charge >= 0.3 is 0 Å². The van der Waals surface area contributed by atoms with E-state index < -0.39 is 0 Å². The van der Waals surface area contributed by atoms with Gasteiger partial charge in [0, 0.05) is 23.8 Å². The molecule has 1 N–H and O–H groups in total. The standard InChI is InChI=1S/C24H31ClN2O/c1-17(2)22(26-20-8-6-5-7-9-20)23(28)27-15-14-21(24(3,4)16-27)18-10-12-19(25)13-11-18/h5-13,17,21-22,26H,14-16H2,1-4H3/t21?,22-/m1/s1. The number of carbonyl (C=O) groups excluding carboxylic acids is 1. The third kappa shape index (κ3) is 4.70. The van der Waals surface area contributed by atoms with E-state index in [-0.39, 0.29) is 23.3 Å². The number of nitrogens with one attached hydrogen (secondary N) is 1. The van der Waals surface area contributed by atoms with Gasteiger partial charge in [0.1, 0.15) is 6.04 Å². The number of para-hydroxylation sites is 1. The molecule has 1 unspecified atom stereocenters. The molecule has 0 radical (unpaired) electrons. The predicted octanol–water partition coefficient (Wildman–Crippen LogP) is 5.82. The Labute approximate surface area is 174 Å². The van der Waals surface area contributed by atoms with Gasteiger partial charge in [0.05, 0.1) is 0 Å². The predicted molar refractivity (Wildman–Crippen MR) is 118 cm³/mol. The van der Waals surface area contributed by atoms with E-state index in [1.165, 1.54) is 5.56 Å². The number of piperidine rings is 1. The summed E-state index contributed by atoms with van der Waals surface area (Å²) in [6, 6.07) is 18.0. The summed E-state index contributed by atoms with van der Waals surface area (Å²) in [4.78, 5) is 15.4. The number of benzene rings is 2. The Balaban J connectivity index is 1.73. The molecule has 0 spiro atoms. The van der Waals surface area contributed by atoms with Crippen molar-refractivity contribution in [1.82, 2.24) is 4.90 Å². The molecule has 0 aromatic heterocycles. The maximum Gasteiger partial charge on any atom is 0.245 e. The summed E-state index contributed by atoms with van der Waals surface area (Å²) in [6.07, 6.45) is 0.969. The summed E-state index contributed by atoms with van der Waals surface area (Å²) < 4.78 is 0. The first kappa shape index (κ1) is 20.7. The molecular weight excluding hydrogens is 368 g/mol. The van der Waals surface area contributed by atoms with Crippen LogP contribution in [0.25, 0.3) is 0 Å². The molecule has 0 aliphatic carbocycles. The highest BCUT2D eigenvalue weighted by Gasteiger charge is 2.40. The summed E-state index contributed by atoms with van der Waals surface area (Å²) in [7, 11) is 0. The molecule has 1 aliphatic heterocycles. The number of nitrogens with zero attached hydrogens (tertiary/aromatic N) is 1. The fraction of sp³-hybridized carbons (Fsp3) is 0.458. The van der Waals surface area contributed by atoms with Crippen molar-refractivity contribution in [3.05, 3.63) is 65.2 Å². The van der Waals surface area contributed by atoms with Crippen LogP contribution in [-0.2, 0) is 4.79 Å². The molecule has 1 fully saturated rings. The topological polar surface area (TPSA) is 32.3 Å². The molecule has 1 amide bonds. The van der Waals surface area contributed by atoms with Gasteiger partial charge in [0.15, 0.2) is 0 Å². The second kappa shape index (κ2) is 8.57. The smallest absolute Gasteiger partial charge is 0.245 e. The second-order valence-corrected chi connectivity index (χ2v) is 9.31. The summed E-state index contributed by atoms with van der Waals surface area (Å²) in [5.41, 5.74) is 2.31. The molecule has 28 heavy (non-hydrogen) atoms. The lowest BCUT2D eigenvalue weighted by Gasteiger charge is -2.46. The van der Waals surface area contributed by atoms with Crippen molar-refractivity contribution in [2.24, 2.45) is 11.3 Å². The molecular formula is C24H31ClN2O. The van der Waals surface area contributed by atoms with Crippen molar-refractivity contribution >= 4 is 23.2 Å². The Morgan fingerprint density at radius 2 is 1.75 bits per heavy atom. The normalized spacial score (nSPS) is 20.1. The number of likely N-dealkylation sites (tertiary alicyclic amines) is 1. The Morgan fingerprint density at radius 1 is 1.11 bits per heavy atom. The number of halogens is 1. The molecule has 150 valence electrons. The monoisotopic (exact) mass is 398 g/mol. The van der Waals surface area contributed by atoms with E-state index in [9.17, 15) is 4.79 Å². The van der Waals surface area contributed by atoms with E-state index in [1.807, 2.05) is 47.4 Å². The van der Waals surface area contributed by atoms with Gasteiger partial charge < -0.3 is 10.2 Å². The van der Waals surface area contributed by atoms with Crippen LogP contribution in [0.5, 0.6) is 0 Å². The molecule has 1 saturated heterocycles. The molecule has 1 aliphatic rings. The zero-order valence-corrected chi connectivity index (χ0v) is 18.0. The van der Waals surface area contributed by atoms with Crippen LogP contribution in [0, 0.1) is 11.3 Å². The van der Waals surface area contributed by atoms with E-state index in [4.69, 9.17) is 11.6 Å². The largest absolute Gasteiger partial charge is 0.373 e. The summed E-state index contributed by atoms with van der Waals surface area (Å²) in [5.74, 6) is 0.833. The number of hydrogen-bond acceptors (Lipinski definition) is 2. The van der Waals surface area contributed by atoms with Crippen molar-refractivity contribution in [2.75, 3.05) is 18.4 Å². The highest BCUT2D eigenvalue weighted by Crippen LogP contribution is 2.42. The van der Waals surface area contributed by atoms with Gasteiger partial charge in [-0.05, 0) is 53.5 Å². The van der Waals surface area contributed by atoms with Gasteiger partial charge in [-0.3, -0.25) is 4.79 Å². The van der Waals surface area contributed by atoms with Crippen molar-refractivity contribution in [3.8, 4) is 0 Å². The van der Waals surface area contributed by atoms with Gasteiger partial charge in [0.25, 0.3) is 0 Å². The molecule has 2 aromatic carbocycles. The molecule has 1 heterocycles. The lowest BCUT2D eigenvalue weighted by molar-refractivity contribution is -0.136. The van der Waals surface area contributed by atoms with Gasteiger partial charge in [-0.15, -0.1) is 0 Å². The minimum atomic E-state index is -0.217. The van der Waals surface area contributed by atoms with E-state index in [1.54, 1.807) is 0 Å². The molecule has 0 saturated carbocycles. The van der Waals surface area contributed by atoms with Crippen LogP contribution < -0.4 is 5.32 Å². The Morgan fingerprint density at radius 3 is 2.32 bits per heavy atom. The molecule has 2 aromatic rings. The lowest BCUT2D eigenvalue weighted by atomic mass is 9.70. The van der Waals surface area contributed by atoms with Crippen molar-refractivity contribution < 1.29 is 4.79 Å². The van der Waals surface area contributed by atoms with Crippen LogP contribution >= 0.6 is 11.6 Å². The minimum Gasteiger partial charge on any atom is -0.373 e. The zero-order valence-electron chi connectivity index (χ0n) is 17.3. The third-order valence-corrected chi connectivity index (χ3v) is 6.09. The van der Waals surface area contributed by atoms with Crippen LogP contribution in [0.1, 0.15) is 45.6 Å². The van der Waals surface area contributed by atoms with Crippen LogP contribution in [0.4, 0.5) is 5.69 Å². The fourth-order valence-corrected chi connectivity index (χ4v) is 4.41. The summed E-state index contributed by atoms with van der Waals surface area (Å²) in [6.45, 7) is 10.3. The number of anilines is 1. The average Bonchev–Trinajstić information content (AvgIpc) is 2.66. The molecule has 3 nitrogen and oxygen atoms in total. The SMILES string of the molecule is CC(C)[C@@H](Nc1ccccc1)C(=O)N1CCC(c2ccc(Cl)cc2)C(C)(C)C1. The highest BCUT2D eigenvalue weighted by atomic mass is 35.5. The maximum absolute atomic E-state index is 13.4.